The molecule has 144 valence electrons. The number of alkyl halides is 3. The van der Waals surface area contributed by atoms with Gasteiger partial charge in [-0.25, -0.2) is 0 Å². The summed E-state index contributed by atoms with van der Waals surface area (Å²) in [6, 6.07) is 4.04. The van der Waals surface area contributed by atoms with Gasteiger partial charge in [0.05, 0.1) is 0 Å². The molecule has 0 bridgehead atoms. The topological polar surface area (TPSA) is 89.3 Å². The van der Waals surface area contributed by atoms with E-state index in [0.717, 1.165) is 31.4 Å². The van der Waals surface area contributed by atoms with E-state index in [1.54, 1.807) is 6.07 Å². The first-order valence-corrected chi connectivity index (χ1v) is 8.64. The minimum Gasteiger partial charge on any atom is -0.412 e. The van der Waals surface area contributed by atoms with E-state index in [9.17, 15) is 18.0 Å². The molecule has 2 aromatic rings. The van der Waals surface area contributed by atoms with Crippen LogP contribution in [0, 0.1) is 0 Å². The van der Waals surface area contributed by atoms with Crippen molar-refractivity contribution in [3.05, 3.63) is 29.7 Å². The highest BCUT2D eigenvalue weighted by Crippen LogP contribution is 2.45. The Morgan fingerprint density at radius 2 is 2.07 bits per heavy atom. The van der Waals surface area contributed by atoms with E-state index in [0.29, 0.717) is 12.1 Å². The van der Waals surface area contributed by atoms with Gasteiger partial charge in [0.25, 0.3) is 0 Å². The van der Waals surface area contributed by atoms with Gasteiger partial charge in [-0.1, -0.05) is 6.07 Å². The van der Waals surface area contributed by atoms with Gasteiger partial charge in [-0.15, -0.1) is 23.4 Å². The Kier molecular flexibility index (Phi) is 4.50. The Morgan fingerprint density at radius 1 is 1.26 bits per heavy atom. The van der Waals surface area contributed by atoms with Gasteiger partial charge in [0.2, 0.25) is 5.89 Å². The number of carbonyl (C=O) groups excluding carboxylic acids is 1. The maximum Gasteiger partial charge on any atom is 0.573 e. The lowest BCUT2D eigenvalue weighted by atomic mass is 10.0. The molecule has 2 fully saturated rings. The van der Waals surface area contributed by atoms with Gasteiger partial charge in [-0.05, 0) is 49.4 Å². The Morgan fingerprint density at radius 3 is 2.74 bits per heavy atom. The van der Waals surface area contributed by atoms with Crippen molar-refractivity contribution in [1.29, 1.82) is 0 Å². The molecule has 1 saturated heterocycles. The summed E-state index contributed by atoms with van der Waals surface area (Å²) in [4.78, 5) is 12.2. The number of ether oxygens (including phenoxy) is 1. The van der Waals surface area contributed by atoms with Gasteiger partial charge in [-0.2, -0.15) is 0 Å². The average molecular weight is 382 g/mol. The minimum atomic E-state index is -4.80. The minimum absolute atomic E-state index is 0.000721. The zero-order valence-corrected chi connectivity index (χ0v) is 14.2. The van der Waals surface area contributed by atoms with E-state index in [2.05, 4.69) is 25.6 Å². The van der Waals surface area contributed by atoms with Crippen LogP contribution in [0.15, 0.2) is 22.6 Å². The maximum atomic E-state index is 12.5. The lowest BCUT2D eigenvalue weighted by Crippen LogP contribution is -2.36. The molecule has 1 aliphatic carbocycles. The third-order valence-corrected chi connectivity index (χ3v) is 4.52. The van der Waals surface area contributed by atoms with Crippen LogP contribution in [0.4, 0.5) is 13.2 Å². The third kappa shape index (κ3) is 4.21. The Labute approximate surface area is 152 Å². The van der Waals surface area contributed by atoms with Gasteiger partial charge in [0.1, 0.15) is 5.75 Å². The van der Waals surface area contributed by atoms with Crippen LogP contribution in [0.3, 0.4) is 0 Å². The van der Waals surface area contributed by atoms with Crippen LogP contribution in [-0.2, 0) is 0 Å². The van der Waals surface area contributed by atoms with Crippen molar-refractivity contribution in [2.75, 3.05) is 13.1 Å². The van der Waals surface area contributed by atoms with Crippen LogP contribution < -0.4 is 15.4 Å². The number of benzene rings is 1. The molecule has 0 spiro atoms. The number of carbonyl (C=O) groups is 1. The molecule has 27 heavy (non-hydrogen) atoms. The second kappa shape index (κ2) is 6.84. The summed E-state index contributed by atoms with van der Waals surface area (Å²) < 4.78 is 47.0. The molecule has 1 aromatic heterocycles. The monoisotopic (exact) mass is 382 g/mol. The third-order valence-electron chi connectivity index (χ3n) is 4.52. The van der Waals surface area contributed by atoms with E-state index in [1.807, 2.05) is 0 Å². The van der Waals surface area contributed by atoms with Crippen molar-refractivity contribution >= 4 is 5.91 Å². The van der Waals surface area contributed by atoms with Crippen LogP contribution in [0.2, 0.25) is 0 Å². The van der Waals surface area contributed by atoms with E-state index in [1.165, 1.54) is 12.1 Å². The molecule has 1 aliphatic heterocycles. The SMILES string of the molecule is O=C(NC1CCNC1)c1nnc(-c2cc(OC(F)(F)F)ccc2C2CC2)o1. The number of hydrogen-bond donors (Lipinski definition) is 2. The van der Waals surface area contributed by atoms with E-state index < -0.39 is 12.3 Å². The van der Waals surface area contributed by atoms with Gasteiger partial charge < -0.3 is 19.8 Å². The van der Waals surface area contributed by atoms with Gasteiger partial charge in [-0.3, -0.25) is 4.79 Å². The molecule has 1 atom stereocenters. The number of nitrogens with zero attached hydrogens (tertiary/aromatic N) is 2. The largest absolute Gasteiger partial charge is 0.573 e. The van der Waals surface area contributed by atoms with Crippen molar-refractivity contribution in [2.45, 2.75) is 37.6 Å². The number of nitrogens with one attached hydrogen (secondary N) is 2. The summed E-state index contributed by atoms with van der Waals surface area (Å²) in [5, 5.41) is 13.5. The van der Waals surface area contributed by atoms with Crippen LogP contribution in [0.1, 0.15) is 41.4 Å². The normalized spacial score (nSPS) is 19.9. The Hall–Kier alpha value is -2.62. The zero-order valence-electron chi connectivity index (χ0n) is 14.2. The summed E-state index contributed by atoms with van der Waals surface area (Å²) in [5.41, 5.74) is 1.16. The summed E-state index contributed by atoms with van der Waals surface area (Å²) in [6.45, 7) is 1.48. The Balaban J connectivity index is 1.59. The van der Waals surface area contributed by atoms with E-state index >= 15 is 0 Å². The van der Waals surface area contributed by atoms with Crippen LogP contribution >= 0.6 is 0 Å². The lowest BCUT2D eigenvalue weighted by Gasteiger charge is -2.11. The molecule has 2 N–H and O–H groups in total. The van der Waals surface area contributed by atoms with Crippen molar-refractivity contribution < 1.29 is 27.1 Å². The molecule has 1 unspecified atom stereocenters. The number of halogens is 3. The quantitative estimate of drug-likeness (QED) is 0.826. The highest BCUT2D eigenvalue weighted by Gasteiger charge is 2.33. The van der Waals surface area contributed by atoms with E-state index in [4.69, 9.17) is 4.42 Å². The molecular weight excluding hydrogens is 365 g/mol. The molecule has 2 aliphatic rings. The highest BCUT2D eigenvalue weighted by atomic mass is 19.4. The number of rotatable bonds is 5. The molecule has 1 saturated carbocycles. The van der Waals surface area contributed by atoms with Crippen LogP contribution in [0.5, 0.6) is 5.75 Å². The first kappa shape index (κ1) is 17.8. The first-order valence-electron chi connectivity index (χ1n) is 8.64. The first-order chi connectivity index (χ1) is 12.9. The average Bonchev–Trinajstić information content (AvgIpc) is 3.10. The fourth-order valence-electron chi connectivity index (χ4n) is 3.12. The second-order valence-corrected chi connectivity index (χ2v) is 6.65. The van der Waals surface area contributed by atoms with Gasteiger partial charge >= 0.3 is 18.2 Å². The fraction of sp³-hybridized carbons (Fsp3) is 0.471. The fourth-order valence-corrected chi connectivity index (χ4v) is 3.12. The standard InChI is InChI=1S/C17H17F3N4O3/c18-17(19,20)27-11-3-4-12(9-1-2-9)13(7-11)15-23-24-16(26-15)14(25)22-10-5-6-21-8-10/h3-4,7,9-10,21H,1-2,5-6,8H2,(H,22,25). The molecule has 7 nitrogen and oxygen atoms in total. The van der Waals surface area contributed by atoms with Crippen molar-refractivity contribution in [1.82, 2.24) is 20.8 Å². The predicted octanol–water partition coefficient (Wildman–Crippen LogP) is 2.60. The number of amides is 1. The van der Waals surface area contributed by atoms with Crippen LogP contribution in [0.25, 0.3) is 11.5 Å². The van der Waals surface area contributed by atoms with Crippen molar-refractivity contribution in [2.24, 2.45) is 0 Å². The molecule has 10 heteroatoms. The molecule has 2 heterocycles. The van der Waals surface area contributed by atoms with Crippen molar-refractivity contribution in [3.63, 3.8) is 0 Å². The molecule has 1 amide bonds. The number of aromatic nitrogens is 2. The summed E-state index contributed by atoms with van der Waals surface area (Å²) in [6.07, 6.45) is -2.13. The van der Waals surface area contributed by atoms with Gasteiger partial charge in [0, 0.05) is 18.2 Å². The maximum absolute atomic E-state index is 12.5. The zero-order chi connectivity index (χ0) is 19.0. The summed E-state index contributed by atoms with van der Waals surface area (Å²) >= 11 is 0. The summed E-state index contributed by atoms with van der Waals surface area (Å²) in [5.74, 6) is -0.866. The van der Waals surface area contributed by atoms with E-state index in [-0.39, 0.29) is 29.5 Å². The lowest BCUT2D eigenvalue weighted by molar-refractivity contribution is -0.274. The Bertz CT molecular complexity index is 842. The van der Waals surface area contributed by atoms with Crippen LogP contribution in [-0.4, -0.2) is 41.6 Å². The molecule has 0 radical (unpaired) electrons. The predicted molar refractivity (Wildman–Crippen MR) is 87.1 cm³/mol. The number of hydrogen-bond acceptors (Lipinski definition) is 6. The van der Waals surface area contributed by atoms with Crippen molar-refractivity contribution in [3.8, 4) is 17.2 Å². The highest BCUT2D eigenvalue weighted by molar-refractivity contribution is 5.90. The molecule has 4 rings (SSSR count). The molecule has 1 aromatic carbocycles. The van der Waals surface area contributed by atoms with Gasteiger partial charge in [0.15, 0.2) is 0 Å². The summed E-state index contributed by atoms with van der Waals surface area (Å²) in [7, 11) is 0. The smallest absolute Gasteiger partial charge is 0.412 e. The molecular formula is C17H17F3N4O3. The second-order valence-electron chi connectivity index (χ2n) is 6.65.